The van der Waals surface area contributed by atoms with Crippen molar-refractivity contribution >= 4 is 5.96 Å². The molecule has 0 atom stereocenters. The molecule has 0 unspecified atom stereocenters. The van der Waals surface area contributed by atoms with Gasteiger partial charge in [0.2, 0.25) is 0 Å². The molecule has 2 aliphatic rings. The average Bonchev–Trinajstić information content (AvgIpc) is 3.45. The van der Waals surface area contributed by atoms with Crippen LogP contribution in [0.4, 0.5) is 0 Å². The lowest BCUT2D eigenvalue weighted by Crippen LogP contribution is -2.49. The van der Waals surface area contributed by atoms with E-state index in [1.165, 1.54) is 18.4 Å². The second kappa shape index (κ2) is 9.04. The summed E-state index contributed by atoms with van der Waals surface area (Å²) in [6.07, 6.45) is 2.74. The molecular formula is C19H31N5. The third-order valence-electron chi connectivity index (χ3n) is 4.91. The fourth-order valence-electron chi connectivity index (χ4n) is 3.13. The van der Waals surface area contributed by atoms with Crippen LogP contribution in [0.1, 0.15) is 18.4 Å². The van der Waals surface area contributed by atoms with E-state index in [1.807, 2.05) is 7.05 Å². The number of aliphatic imine (C=N–C) groups is 1. The standard InChI is InChI=1S/C19H31N5/c1-20-19(22-15-17-7-8-17)21-9-10-23-11-13-24(14-12-23)16-18-5-3-2-4-6-18/h2-6,17H,7-16H2,1H3,(H2,20,21,22). The van der Waals surface area contributed by atoms with Crippen LogP contribution in [0.3, 0.4) is 0 Å². The number of hydrogen-bond donors (Lipinski definition) is 2. The molecule has 1 aromatic rings. The van der Waals surface area contributed by atoms with Crippen molar-refractivity contribution in [3.8, 4) is 0 Å². The molecule has 1 heterocycles. The van der Waals surface area contributed by atoms with Crippen molar-refractivity contribution in [3.63, 3.8) is 0 Å². The van der Waals surface area contributed by atoms with E-state index in [1.54, 1.807) is 0 Å². The number of nitrogens with one attached hydrogen (secondary N) is 2. The normalized spacial score (nSPS) is 20.1. The minimum absolute atomic E-state index is 0.876. The van der Waals surface area contributed by atoms with Crippen molar-refractivity contribution in [2.45, 2.75) is 19.4 Å². The molecule has 0 amide bonds. The molecule has 0 bridgehead atoms. The van der Waals surface area contributed by atoms with E-state index in [0.29, 0.717) is 0 Å². The van der Waals surface area contributed by atoms with E-state index in [9.17, 15) is 0 Å². The Bertz CT molecular complexity index is 504. The van der Waals surface area contributed by atoms with E-state index in [0.717, 1.165) is 64.2 Å². The largest absolute Gasteiger partial charge is 0.356 e. The fourth-order valence-corrected chi connectivity index (χ4v) is 3.13. The Balaban J connectivity index is 1.29. The van der Waals surface area contributed by atoms with Gasteiger partial charge in [-0.15, -0.1) is 0 Å². The third kappa shape index (κ3) is 5.80. The van der Waals surface area contributed by atoms with Crippen molar-refractivity contribution in [1.29, 1.82) is 0 Å². The highest BCUT2D eigenvalue weighted by atomic mass is 15.3. The summed E-state index contributed by atoms with van der Waals surface area (Å²) in [5, 5.41) is 6.85. The van der Waals surface area contributed by atoms with Crippen molar-refractivity contribution in [2.75, 3.05) is 52.9 Å². The van der Waals surface area contributed by atoms with Crippen LogP contribution in [0.5, 0.6) is 0 Å². The summed E-state index contributed by atoms with van der Waals surface area (Å²) in [5.41, 5.74) is 1.41. The van der Waals surface area contributed by atoms with Gasteiger partial charge >= 0.3 is 0 Å². The molecule has 0 aromatic heterocycles. The summed E-state index contributed by atoms with van der Waals surface area (Å²) in [7, 11) is 1.85. The van der Waals surface area contributed by atoms with Crippen LogP contribution < -0.4 is 10.6 Å². The van der Waals surface area contributed by atoms with Gasteiger partial charge in [-0.05, 0) is 24.3 Å². The molecule has 5 nitrogen and oxygen atoms in total. The number of hydrogen-bond acceptors (Lipinski definition) is 3. The second-order valence-electron chi connectivity index (χ2n) is 6.93. The molecular weight excluding hydrogens is 298 g/mol. The molecule has 1 aromatic carbocycles. The Labute approximate surface area is 146 Å². The number of guanidine groups is 1. The van der Waals surface area contributed by atoms with Crippen LogP contribution in [-0.2, 0) is 6.54 Å². The van der Waals surface area contributed by atoms with Crippen molar-refractivity contribution in [3.05, 3.63) is 35.9 Å². The van der Waals surface area contributed by atoms with Gasteiger partial charge in [0.15, 0.2) is 5.96 Å². The molecule has 1 aliphatic carbocycles. The minimum atomic E-state index is 0.876. The van der Waals surface area contributed by atoms with E-state index < -0.39 is 0 Å². The first kappa shape index (κ1) is 17.2. The number of nitrogens with zero attached hydrogens (tertiary/aromatic N) is 3. The molecule has 1 saturated carbocycles. The topological polar surface area (TPSA) is 42.9 Å². The zero-order valence-electron chi connectivity index (χ0n) is 14.9. The van der Waals surface area contributed by atoms with Crippen LogP contribution in [0.15, 0.2) is 35.3 Å². The van der Waals surface area contributed by atoms with Gasteiger partial charge in [0.05, 0.1) is 0 Å². The summed E-state index contributed by atoms with van der Waals surface area (Å²) in [5.74, 6) is 1.82. The SMILES string of the molecule is CN=C(NCCN1CCN(Cc2ccccc2)CC1)NCC1CC1. The van der Waals surface area contributed by atoms with E-state index in [-0.39, 0.29) is 0 Å². The Hall–Kier alpha value is -1.59. The monoisotopic (exact) mass is 329 g/mol. The lowest BCUT2D eigenvalue weighted by Gasteiger charge is -2.34. The lowest BCUT2D eigenvalue weighted by molar-refractivity contribution is 0.129. The highest BCUT2D eigenvalue weighted by Gasteiger charge is 2.21. The summed E-state index contributed by atoms with van der Waals surface area (Å²) < 4.78 is 0. The molecule has 1 saturated heterocycles. The van der Waals surface area contributed by atoms with Gasteiger partial charge in [-0.25, -0.2) is 0 Å². The fraction of sp³-hybridized carbons (Fsp3) is 0.632. The first-order valence-corrected chi connectivity index (χ1v) is 9.26. The predicted octanol–water partition coefficient (Wildman–Crippen LogP) is 1.38. The van der Waals surface area contributed by atoms with Crippen LogP contribution in [-0.4, -0.2) is 68.6 Å². The minimum Gasteiger partial charge on any atom is -0.356 e. The maximum absolute atomic E-state index is 4.30. The molecule has 0 radical (unpaired) electrons. The maximum Gasteiger partial charge on any atom is 0.191 e. The van der Waals surface area contributed by atoms with Gasteiger partial charge in [-0.2, -0.15) is 0 Å². The van der Waals surface area contributed by atoms with Gasteiger partial charge in [-0.3, -0.25) is 14.8 Å². The van der Waals surface area contributed by atoms with Gasteiger partial charge < -0.3 is 10.6 Å². The summed E-state index contributed by atoms with van der Waals surface area (Å²) in [4.78, 5) is 9.39. The smallest absolute Gasteiger partial charge is 0.191 e. The molecule has 5 heteroatoms. The Morgan fingerprint density at radius 1 is 1.04 bits per heavy atom. The average molecular weight is 329 g/mol. The van der Waals surface area contributed by atoms with E-state index in [4.69, 9.17) is 0 Å². The van der Waals surface area contributed by atoms with Gasteiger partial charge in [-0.1, -0.05) is 30.3 Å². The zero-order valence-corrected chi connectivity index (χ0v) is 14.9. The highest BCUT2D eigenvalue weighted by molar-refractivity contribution is 5.79. The van der Waals surface area contributed by atoms with Gasteiger partial charge in [0, 0.05) is 59.4 Å². The maximum atomic E-state index is 4.30. The van der Waals surface area contributed by atoms with Crippen LogP contribution in [0.2, 0.25) is 0 Å². The molecule has 1 aliphatic heterocycles. The first-order valence-electron chi connectivity index (χ1n) is 9.26. The summed E-state index contributed by atoms with van der Waals surface area (Å²) in [6.45, 7) is 8.81. The summed E-state index contributed by atoms with van der Waals surface area (Å²) in [6, 6.07) is 10.8. The number of rotatable bonds is 7. The molecule has 132 valence electrons. The molecule has 24 heavy (non-hydrogen) atoms. The van der Waals surface area contributed by atoms with Crippen LogP contribution in [0.25, 0.3) is 0 Å². The Morgan fingerprint density at radius 2 is 1.75 bits per heavy atom. The van der Waals surface area contributed by atoms with Gasteiger partial charge in [0.1, 0.15) is 0 Å². The molecule has 3 rings (SSSR count). The summed E-state index contributed by atoms with van der Waals surface area (Å²) >= 11 is 0. The molecule has 0 spiro atoms. The lowest BCUT2D eigenvalue weighted by atomic mass is 10.2. The van der Waals surface area contributed by atoms with Crippen molar-refractivity contribution in [1.82, 2.24) is 20.4 Å². The van der Waals surface area contributed by atoms with Crippen LogP contribution >= 0.6 is 0 Å². The van der Waals surface area contributed by atoms with E-state index in [2.05, 4.69) is 55.8 Å². The van der Waals surface area contributed by atoms with Crippen molar-refractivity contribution in [2.24, 2.45) is 10.9 Å². The predicted molar refractivity (Wildman–Crippen MR) is 100 cm³/mol. The molecule has 2 fully saturated rings. The third-order valence-corrected chi connectivity index (χ3v) is 4.91. The van der Waals surface area contributed by atoms with Crippen LogP contribution in [0, 0.1) is 5.92 Å². The molecule has 2 N–H and O–H groups in total. The highest BCUT2D eigenvalue weighted by Crippen LogP contribution is 2.27. The zero-order chi connectivity index (χ0) is 16.6. The Kier molecular flexibility index (Phi) is 6.49. The number of piperazine rings is 1. The number of benzene rings is 1. The van der Waals surface area contributed by atoms with Gasteiger partial charge in [0.25, 0.3) is 0 Å². The van der Waals surface area contributed by atoms with Crippen molar-refractivity contribution < 1.29 is 0 Å². The second-order valence-corrected chi connectivity index (χ2v) is 6.93. The first-order chi connectivity index (χ1) is 11.8. The Morgan fingerprint density at radius 3 is 2.42 bits per heavy atom. The van der Waals surface area contributed by atoms with E-state index >= 15 is 0 Å². The quantitative estimate of drug-likeness (QED) is 0.586.